The first-order valence-corrected chi connectivity index (χ1v) is 12.1. The van der Waals surface area contributed by atoms with Crippen LogP contribution in [0.2, 0.25) is 0 Å². The van der Waals surface area contributed by atoms with Crippen molar-refractivity contribution >= 4 is 40.7 Å². The maximum absolute atomic E-state index is 12.9. The summed E-state index contributed by atoms with van der Waals surface area (Å²) in [5, 5.41) is 3.12. The lowest BCUT2D eigenvalue weighted by Crippen LogP contribution is -2.42. The van der Waals surface area contributed by atoms with Gasteiger partial charge in [0, 0.05) is 28.3 Å². The molecular weight excluding hydrogens is 428 g/mol. The Morgan fingerprint density at radius 2 is 1.97 bits per heavy atom. The van der Waals surface area contributed by atoms with E-state index in [1.165, 1.54) is 0 Å². The quantitative estimate of drug-likeness (QED) is 0.377. The number of para-hydroxylation sites is 1. The zero-order valence-corrected chi connectivity index (χ0v) is 19.2. The molecule has 1 aromatic heterocycles. The summed E-state index contributed by atoms with van der Waals surface area (Å²) in [6, 6.07) is 15.2. The molecule has 1 atom stereocenters. The number of benzene rings is 2. The number of hydrogen-bond acceptors (Lipinski definition) is 6. The van der Waals surface area contributed by atoms with E-state index < -0.39 is 12.1 Å². The van der Waals surface area contributed by atoms with Crippen LogP contribution >= 0.6 is 23.1 Å². The van der Waals surface area contributed by atoms with Gasteiger partial charge >= 0.3 is 5.97 Å². The highest BCUT2D eigenvalue weighted by Gasteiger charge is 2.28. The maximum atomic E-state index is 12.9. The highest BCUT2D eigenvalue weighted by Crippen LogP contribution is 2.28. The Balaban J connectivity index is 1.35. The molecule has 0 fully saturated rings. The fourth-order valence-corrected chi connectivity index (χ4v) is 5.09. The molecule has 0 saturated heterocycles. The number of aromatic nitrogens is 1. The van der Waals surface area contributed by atoms with E-state index in [2.05, 4.69) is 10.4 Å². The summed E-state index contributed by atoms with van der Waals surface area (Å²) >= 11 is 3.31. The number of thiazole rings is 1. The number of aryl methyl sites for hydroxylation is 2. The summed E-state index contributed by atoms with van der Waals surface area (Å²) in [5.74, 6) is 0.112. The Hall–Kier alpha value is -2.64. The summed E-state index contributed by atoms with van der Waals surface area (Å²) in [5.41, 5.74) is 3.56. The Morgan fingerprint density at radius 3 is 2.71 bits per heavy atom. The normalized spacial score (nSPS) is 14.1. The molecule has 3 aromatic rings. The van der Waals surface area contributed by atoms with Gasteiger partial charge in [-0.3, -0.25) is 4.79 Å². The van der Waals surface area contributed by atoms with Crippen molar-refractivity contribution in [3.63, 3.8) is 0 Å². The second kappa shape index (κ2) is 9.66. The fourth-order valence-electron chi connectivity index (χ4n) is 3.58. The first-order chi connectivity index (χ1) is 15.0. The van der Waals surface area contributed by atoms with Gasteiger partial charge in [-0.15, -0.1) is 23.1 Å². The second-order valence-corrected chi connectivity index (χ2v) is 9.55. The SMILES string of the molecule is Cc1nc(CSc2ccc(C(=O)OC(C)C(=O)N3CCCc4ccccc43)cc2)cs1. The monoisotopic (exact) mass is 452 g/mol. The van der Waals surface area contributed by atoms with Crippen LogP contribution < -0.4 is 4.90 Å². The van der Waals surface area contributed by atoms with Crippen LogP contribution in [0.3, 0.4) is 0 Å². The Labute approximate surface area is 190 Å². The van der Waals surface area contributed by atoms with Crippen LogP contribution in [0.25, 0.3) is 0 Å². The van der Waals surface area contributed by atoms with Crippen molar-refractivity contribution in [1.29, 1.82) is 0 Å². The van der Waals surface area contributed by atoms with E-state index in [1.807, 2.05) is 43.3 Å². The van der Waals surface area contributed by atoms with E-state index in [-0.39, 0.29) is 5.91 Å². The van der Waals surface area contributed by atoms with Crippen LogP contribution in [-0.2, 0) is 21.7 Å². The van der Waals surface area contributed by atoms with Gasteiger partial charge in [-0.05, 0) is 62.6 Å². The van der Waals surface area contributed by atoms with Gasteiger partial charge in [0.15, 0.2) is 6.10 Å². The minimum atomic E-state index is -0.847. The number of thioether (sulfide) groups is 1. The zero-order valence-electron chi connectivity index (χ0n) is 17.5. The first kappa shape index (κ1) is 21.6. The number of fused-ring (bicyclic) bond motifs is 1. The van der Waals surface area contributed by atoms with Gasteiger partial charge in [-0.25, -0.2) is 9.78 Å². The van der Waals surface area contributed by atoms with E-state index in [4.69, 9.17) is 4.74 Å². The molecule has 31 heavy (non-hydrogen) atoms. The number of hydrogen-bond donors (Lipinski definition) is 0. The van der Waals surface area contributed by atoms with Crippen molar-refractivity contribution in [2.24, 2.45) is 0 Å². The zero-order chi connectivity index (χ0) is 21.8. The van der Waals surface area contributed by atoms with Crippen molar-refractivity contribution < 1.29 is 14.3 Å². The lowest BCUT2D eigenvalue weighted by molar-refractivity contribution is -0.126. The van der Waals surface area contributed by atoms with Crippen LogP contribution in [0.5, 0.6) is 0 Å². The summed E-state index contributed by atoms with van der Waals surface area (Å²) in [6.07, 6.45) is 1.02. The minimum absolute atomic E-state index is 0.189. The number of esters is 1. The molecule has 7 heteroatoms. The Bertz CT molecular complexity index is 1080. The summed E-state index contributed by atoms with van der Waals surface area (Å²) in [7, 11) is 0. The fraction of sp³-hybridized carbons (Fsp3) is 0.292. The third-order valence-corrected chi connectivity index (χ3v) is 7.02. The van der Waals surface area contributed by atoms with Crippen LogP contribution in [0.4, 0.5) is 5.69 Å². The number of anilines is 1. The number of carbonyl (C=O) groups excluding carboxylic acids is 2. The predicted octanol–water partition coefficient (Wildman–Crippen LogP) is 5.27. The van der Waals surface area contributed by atoms with Crippen LogP contribution in [0.15, 0.2) is 58.8 Å². The molecule has 0 bridgehead atoms. The average molecular weight is 453 g/mol. The van der Waals surface area contributed by atoms with Gasteiger partial charge < -0.3 is 9.64 Å². The summed E-state index contributed by atoms with van der Waals surface area (Å²) < 4.78 is 5.49. The standard InChI is InChI=1S/C24H24N2O3S2/c1-16(23(27)26-13-5-7-18-6-3-4-8-22(18)26)29-24(28)19-9-11-21(12-10-19)31-15-20-14-30-17(2)25-20/h3-4,6,8-12,14,16H,5,7,13,15H2,1-2H3. The lowest BCUT2D eigenvalue weighted by atomic mass is 10.0. The van der Waals surface area contributed by atoms with Crippen molar-refractivity contribution in [1.82, 2.24) is 4.98 Å². The number of rotatable bonds is 6. The molecule has 1 unspecified atom stereocenters. The van der Waals surface area contributed by atoms with Crippen molar-refractivity contribution in [2.75, 3.05) is 11.4 Å². The topological polar surface area (TPSA) is 59.5 Å². The van der Waals surface area contributed by atoms with Crippen molar-refractivity contribution in [3.8, 4) is 0 Å². The van der Waals surface area contributed by atoms with Gasteiger partial charge in [-0.2, -0.15) is 0 Å². The van der Waals surface area contributed by atoms with Gasteiger partial charge in [-0.1, -0.05) is 18.2 Å². The van der Waals surface area contributed by atoms with Crippen LogP contribution in [-0.4, -0.2) is 29.5 Å². The van der Waals surface area contributed by atoms with E-state index in [0.717, 1.165) is 45.4 Å². The molecular formula is C24H24N2O3S2. The summed E-state index contributed by atoms with van der Waals surface area (Å²) in [6.45, 7) is 4.27. The van der Waals surface area contributed by atoms with Gasteiger partial charge in [0.05, 0.1) is 16.3 Å². The van der Waals surface area contributed by atoms with E-state index in [1.54, 1.807) is 47.1 Å². The lowest BCUT2D eigenvalue weighted by Gasteiger charge is -2.31. The number of nitrogens with zero attached hydrogens (tertiary/aromatic N) is 2. The molecule has 0 spiro atoms. The van der Waals surface area contributed by atoms with E-state index in [0.29, 0.717) is 12.1 Å². The molecule has 1 aliphatic rings. The minimum Gasteiger partial charge on any atom is -0.449 e. The smallest absolute Gasteiger partial charge is 0.338 e. The largest absolute Gasteiger partial charge is 0.449 e. The highest BCUT2D eigenvalue weighted by molar-refractivity contribution is 7.98. The molecule has 2 aromatic carbocycles. The van der Waals surface area contributed by atoms with Crippen LogP contribution in [0, 0.1) is 6.92 Å². The van der Waals surface area contributed by atoms with Crippen molar-refractivity contribution in [3.05, 3.63) is 75.7 Å². The summed E-state index contributed by atoms with van der Waals surface area (Å²) in [4.78, 5) is 32.8. The molecule has 5 nitrogen and oxygen atoms in total. The Kier molecular flexibility index (Phi) is 6.73. The highest BCUT2D eigenvalue weighted by atomic mass is 32.2. The maximum Gasteiger partial charge on any atom is 0.338 e. The second-order valence-electron chi connectivity index (χ2n) is 7.44. The third kappa shape index (κ3) is 5.17. The molecule has 1 aliphatic heterocycles. The van der Waals surface area contributed by atoms with Gasteiger partial charge in [0.1, 0.15) is 0 Å². The number of ether oxygens (including phenoxy) is 1. The van der Waals surface area contributed by atoms with Crippen LogP contribution in [0.1, 0.15) is 40.0 Å². The van der Waals surface area contributed by atoms with E-state index >= 15 is 0 Å². The Morgan fingerprint density at radius 1 is 1.19 bits per heavy atom. The molecule has 0 N–H and O–H groups in total. The predicted molar refractivity (Wildman–Crippen MR) is 125 cm³/mol. The van der Waals surface area contributed by atoms with Gasteiger partial charge in [0.25, 0.3) is 5.91 Å². The van der Waals surface area contributed by atoms with Crippen molar-refractivity contribution in [2.45, 2.75) is 43.4 Å². The third-order valence-electron chi connectivity index (χ3n) is 5.15. The molecule has 160 valence electrons. The number of carbonyl (C=O) groups is 2. The molecule has 1 amide bonds. The molecule has 0 saturated carbocycles. The molecule has 0 radical (unpaired) electrons. The first-order valence-electron chi connectivity index (χ1n) is 10.3. The van der Waals surface area contributed by atoms with E-state index in [9.17, 15) is 9.59 Å². The number of amides is 1. The molecule has 0 aliphatic carbocycles. The average Bonchev–Trinajstić information content (AvgIpc) is 3.22. The molecule has 4 rings (SSSR count). The van der Waals surface area contributed by atoms with Gasteiger partial charge in [0.2, 0.25) is 0 Å². The molecule has 2 heterocycles.